The number of rotatable bonds is 3. The van der Waals surface area contributed by atoms with Gasteiger partial charge in [0.2, 0.25) is 0 Å². The van der Waals surface area contributed by atoms with E-state index >= 15 is 0 Å². The normalized spacial score (nSPS) is 25.3. The van der Waals surface area contributed by atoms with Crippen molar-refractivity contribution in [3.63, 3.8) is 0 Å². The van der Waals surface area contributed by atoms with Crippen LogP contribution in [0.5, 0.6) is 0 Å². The molecule has 9 heteroatoms. The second-order valence-electron chi connectivity index (χ2n) is 11.0. The highest BCUT2D eigenvalue weighted by Crippen LogP contribution is 2.51. The average Bonchev–Trinajstić information content (AvgIpc) is 3.42. The Kier molecular flexibility index (Phi) is 6.44. The first-order valence-electron chi connectivity index (χ1n) is 13.4. The molecular formula is C29H33FN4O4. The minimum atomic E-state index is -1.18. The Morgan fingerprint density at radius 1 is 1.11 bits per heavy atom. The molecule has 2 aromatic carbocycles. The highest BCUT2D eigenvalue weighted by Gasteiger charge is 2.56. The van der Waals surface area contributed by atoms with Crippen molar-refractivity contribution in [3.05, 3.63) is 76.6 Å². The first kappa shape index (κ1) is 25.0. The molecule has 0 radical (unpaired) electrons. The Balaban J connectivity index is 1.27. The molecule has 2 aliphatic heterocycles. The van der Waals surface area contributed by atoms with E-state index < -0.39 is 16.8 Å². The van der Waals surface area contributed by atoms with Gasteiger partial charge in [-0.15, -0.1) is 0 Å². The smallest absolute Gasteiger partial charge is 0.320 e. The third-order valence-electron chi connectivity index (χ3n) is 8.88. The molecule has 2 saturated heterocycles. The van der Waals surface area contributed by atoms with Crippen molar-refractivity contribution in [2.24, 2.45) is 5.41 Å². The summed E-state index contributed by atoms with van der Waals surface area (Å²) in [5.41, 5.74) is -0.602. The molecular weight excluding hydrogens is 487 g/mol. The van der Waals surface area contributed by atoms with Gasteiger partial charge in [-0.3, -0.25) is 9.36 Å². The summed E-state index contributed by atoms with van der Waals surface area (Å²) in [6, 6.07) is 13.7. The monoisotopic (exact) mass is 520 g/mol. The molecule has 1 aromatic heterocycles. The zero-order chi connectivity index (χ0) is 26.3. The fourth-order valence-electron chi connectivity index (χ4n) is 6.75. The van der Waals surface area contributed by atoms with E-state index in [4.69, 9.17) is 4.74 Å². The molecule has 1 spiro atoms. The van der Waals surface area contributed by atoms with Crippen LogP contribution in [0.3, 0.4) is 0 Å². The van der Waals surface area contributed by atoms with Crippen molar-refractivity contribution in [2.45, 2.75) is 50.3 Å². The largest absolute Gasteiger partial charge is 0.387 e. The highest BCUT2D eigenvalue weighted by atomic mass is 19.1. The van der Waals surface area contributed by atoms with E-state index in [1.54, 1.807) is 0 Å². The molecule has 3 aliphatic rings. The van der Waals surface area contributed by atoms with Crippen LogP contribution in [0.4, 0.5) is 9.18 Å². The van der Waals surface area contributed by atoms with Gasteiger partial charge in [0, 0.05) is 25.0 Å². The molecule has 8 nitrogen and oxygen atoms in total. The average molecular weight is 521 g/mol. The van der Waals surface area contributed by atoms with Crippen molar-refractivity contribution in [1.29, 1.82) is 0 Å². The summed E-state index contributed by atoms with van der Waals surface area (Å²) in [4.78, 5) is 35.2. The number of aliphatic hydroxyl groups is 1. The number of hydrogen-bond donors (Lipinski definition) is 1. The lowest BCUT2D eigenvalue weighted by atomic mass is 9.66. The summed E-state index contributed by atoms with van der Waals surface area (Å²) in [5.74, 6) is -0.496. The first-order valence-corrected chi connectivity index (χ1v) is 13.4. The Hall–Kier alpha value is -3.30. The Bertz CT molecular complexity index is 1390. The molecule has 3 heterocycles. The van der Waals surface area contributed by atoms with Crippen LogP contribution in [0.25, 0.3) is 10.9 Å². The lowest BCUT2D eigenvalue weighted by molar-refractivity contribution is -0.137. The van der Waals surface area contributed by atoms with E-state index in [0.717, 1.165) is 31.2 Å². The van der Waals surface area contributed by atoms with Gasteiger partial charge in [-0.05, 0) is 43.0 Å². The minimum Gasteiger partial charge on any atom is -0.387 e. The van der Waals surface area contributed by atoms with Crippen LogP contribution < -0.4 is 5.56 Å². The zero-order valence-corrected chi connectivity index (χ0v) is 21.4. The number of hydrogen-bond acceptors (Lipinski definition) is 5. The number of aromatic nitrogens is 2. The molecule has 1 saturated carbocycles. The lowest BCUT2D eigenvalue weighted by Crippen LogP contribution is -2.64. The Labute approximate surface area is 220 Å². The molecule has 38 heavy (non-hydrogen) atoms. The fraction of sp³-hybridized carbons (Fsp3) is 0.483. The van der Waals surface area contributed by atoms with Crippen LogP contribution in [0.1, 0.15) is 43.7 Å². The highest BCUT2D eigenvalue weighted by molar-refractivity contribution is 5.77. The SMILES string of the molecule is O=C(N1CCC(O)(Cn2cnc3ccc(F)cc3c2=O)C2(CCCC2)C1)N1CCOC[C@H]1c1ccccc1. The van der Waals surface area contributed by atoms with Gasteiger partial charge >= 0.3 is 6.03 Å². The van der Waals surface area contributed by atoms with E-state index in [1.807, 2.05) is 40.1 Å². The fourth-order valence-corrected chi connectivity index (χ4v) is 6.75. The Morgan fingerprint density at radius 3 is 2.68 bits per heavy atom. The number of halogens is 1. The maximum atomic E-state index is 13.9. The predicted molar refractivity (Wildman–Crippen MR) is 140 cm³/mol. The van der Waals surface area contributed by atoms with Gasteiger partial charge in [0.1, 0.15) is 5.82 Å². The molecule has 2 atom stereocenters. The molecule has 1 unspecified atom stereocenters. The number of carbonyl (C=O) groups excluding carboxylic acids is 1. The van der Waals surface area contributed by atoms with Crippen molar-refractivity contribution < 1.29 is 19.0 Å². The number of benzene rings is 2. The van der Waals surface area contributed by atoms with Crippen molar-refractivity contribution >= 4 is 16.9 Å². The van der Waals surface area contributed by atoms with Crippen LogP contribution in [-0.4, -0.2) is 68.9 Å². The maximum Gasteiger partial charge on any atom is 0.320 e. The molecule has 200 valence electrons. The standard InChI is InChI=1S/C29H33FN4O4/c30-22-8-9-24-23(16-22)26(35)33(20-31-24)19-29(37)12-13-32(18-28(29)10-4-5-11-28)27(36)34-14-15-38-17-25(34)21-6-2-1-3-7-21/h1-3,6-9,16,20,25,37H,4-5,10-15,17-19H2/t25-,29?/m0/s1. The van der Waals surface area contributed by atoms with Gasteiger partial charge < -0.3 is 19.6 Å². The van der Waals surface area contributed by atoms with Gasteiger partial charge in [0.15, 0.2) is 0 Å². The number of carbonyl (C=O) groups is 1. The van der Waals surface area contributed by atoms with Gasteiger partial charge in [0.05, 0.1) is 48.6 Å². The van der Waals surface area contributed by atoms with Crippen LogP contribution in [0.2, 0.25) is 0 Å². The molecule has 3 aromatic rings. The zero-order valence-electron chi connectivity index (χ0n) is 21.4. The molecule has 3 fully saturated rings. The summed E-state index contributed by atoms with van der Waals surface area (Å²) in [6.45, 7) is 2.36. The van der Waals surface area contributed by atoms with Gasteiger partial charge in [-0.2, -0.15) is 0 Å². The number of fused-ring (bicyclic) bond motifs is 1. The Morgan fingerprint density at radius 2 is 1.89 bits per heavy atom. The van der Waals surface area contributed by atoms with E-state index in [-0.39, 0.29) is 29.6 Å². The number of nitrogens with zero attached hydrogens (tertiary/aromatic N) is 4. The number of likely N-dealkylation sites (tertiary alicyclic amines) is 1. The summed E-state index contributed by atoms with van der Waals surface area (Å²) in [5, 5.41) is 12.3. The van der Waals surface area contributed by atoms with Crippen LogP contribution in [0, 0.1) is 11.2 Å². The molecule has 1 N–H and O–H groups in total. The van der Waals surface area contributed by atoms with Gasteiger partial charge in [-0.25, -0.2) is 14.2 Å². The van der Waals surface area contributed by atoms with Crippen molar-refractivity contribution in [1.82, 2.24) is 19.4 Å². The second-order valence-corrected chi connectivity index (χ2v) is 11.0. The predicted octanol–water partition coefficient (Wildman–Crippen LogP) is 3.73. The number of urea groups is 1. The number of ether oxygens (including phenoxy) is 1. The number of piperidine rings is 1. The number of morpholine rings is 1. The van der Waals surface area contributed by atoms with Crippen molar-refractivity contribution in [2.75, 3.05) is 32.8 Å². The maximum absolute atomic E-state index is 13.9. The summed E-state index contributed by atoms with van der Waals surface area (Å²) in [6.07, 6.45) is 5.28. The summed E-state index contributed by atoms with van der Waals surface area (Å²) < 4.78 is 21.0. The quantitative estimate of drug-likeness (QED) is 0.569. The summed E-state index contributed by atoms with van der Waals surface area (Å²) >= 11 is 0. The van der Waals surface area contributed by atoms with Crippen LogP contribution in [0.15, 0.2) is 59.7 Å². The second kappa shape index (κ2) is 9.78. The first-order chi connectivity index (χ1) is 18.4. The minimum absolute atomic E-state index is 0.0320. The van der Waals surface area contributed by atoms with Crippen molar-refractivity contribution in [3.8, 4) is 0 Å². The van der Waals surface area contributed by atoms with Crippen LogP contribution in [-0.2, 0) is 11.3 Å². The van der Waals surface area contributed by atoms with E-state index in [0.29, 0.717) is 44.8 Å². The molecule has 0 bridgehead atoms. The topological polar surface area (TPSA) is 87.9 Å². The van der Waals surface area contributed by atoms with Crippen LogP contribution >= 0.6 is 0 Å². The third-order valence-corrected chi connectivity index (χ3v) is 8.88. The van der Waals surface area contributed by atoms with Gasteiger partial charge in [0.25, 0.3) is 5.56 Å². The number of amides is 2. The molecule has 2 amide bonds. The summed E-state index contributed by atoms with van der Waals surface area (Å²) in [7, 11) is 0. The van der Waals surface area contributed by atoms with Gasteiger partial charge in [-0.1, -0.05) is 43.2 Å². The van der Waals surface area contributed by atoms with E-state index in [9.17, 15) is 19.1 Å². The third kappa shape index (κ3) is 4.27. The molecule has 1 aliphatic carbocycles. The molecule has 6 rings (SSSR count). The van der Waals surface area contributed by atoms with E-state index in [2.05, 4.69) is 4.98 Å². The lowest BCUT2D eigenvalue weighted by Gasteiger charge is -2.53. The van der Waals surface area contributed by atoms with E-state index in [1.165, 1.54) is 29.1 Å².